The van der Waals surface area contributed by atoms with Crippen molar-refractivity contribution >= 4 is 5.97 Å². The molecule has 0 heterocycles. The van der Waals surface area contributed by atoms with Crippen LogP contribution in [0.4, 0.5) is 13.2 Å². The molecule has 1 aliphatic carbocycles. The maximum Gasteiger partial charge on any atom is 0.573 e. The van der Waals surface area contributed by atoms with Crippen molar-refractivity contribution in [1.29, 1.82) is 0 Å². The van der Waals surface area contributed by atoms with Crippen LogP contribution in [0.15, 0.2) is 42.5 Å². The molecule has 0 bridgehead atoms. The number of aliphatic carboxylic acids is 1. The lowest BCUT2D eigenvalue weighted by molar-refractivity contribution is -0.274. The zero-order valence-electron chi connectivity index (χ0n) is 15.0. The lowest BCUT2D eigenvalue weighted by Gasteiger charge is -2.35. The average molecular weight is 396 g/mol. The molecule has 1 saturated carbocycles. The molecule has 0 radical (unpaired) electrons. The second-order valence-corrected chi connectivity index (χ2v) is 6.53. The Hall–Kier alpha value is -2.74. The Balaban J connectivity index is 1.71. The maximum atomic E-state index is 12.5. The van der Waals surface area contributed by atoms with Gasteiger partial charge in [-0.15, -0.1) is 13.2 Å². The lowest BCUT2D eigenvalue weighted by Crippen LogP contribution is -2.31. The van der Waals surface area contributed by atoms with Crippen molar-refractivity contribution in [2.75, 3.05) is 13.7 Å². The van der Waals surface area contributed by atoms with Crippen molar-refractivity contribution in [3.05, 3.63) is 48.0 Å². The Morgan fingerprint density at radius 2 is 1.82 bits per heavy atom. The van der Waals surface area contributed by atoms with Gasteiger partial charge in [0.05, 0.1) is 13.2 Å². The lowest BCUT2D eigenvalue weighted by atomic mass is 9.77. The fourth-order valence-electron chi connectivity index (χ4n) is 3.21. The van der Waals surface area contributed by atoms with Crippen LogP contribution in [-0.2, 0) is 9.53 Å². The largest absolute Gasteiger partial charge is 0.573 e. The summed E-state index contributed by atoms with van der Waals surface area (Å²) in [6.45, 7) is -0.299. The molecule has 28 heavy (non-hydrogen) atoms. The third-order valence-corrected chi connectivity index (χ3v) is 4.63. The normalized spacial score (nSPS) is 19.0. The van der Waals surface area contributed by atoms with E-state index in [4.69, 9.17) is 14.6 Å². The number of rotatable bonds is 7. The molecule has 2 aromatic carbocycles. The van der Waals surface area contributed by atoms with E-state index >= 15 is 0 Å². The van der Waals surface area contributed by atoms with Crippen LogP contribution in [0.5, 0.6) is 11.5 Å². The molecule has 1 N–H and O–H groups in total. The van der Waals surface area contributed by atoms with Gasteiger partial charge in [0.1, 0.15) is 18.1 Å². The topological polar surface area (TPSA) is 65.0 Å². The van der Waals surface area contributed by atoms with Crippen molar-refractivity contribution in [3.63, 3.8) is 0 Å². The van der Waals surface area contributed by atoms with Crippen LogP contribution in [0, 0.1) is 0 Å². The molecular weight excluding hydrogens is 377 g/mol. The summed E-state index contributed by atoms with van der Waals surface area (Å²) in [6, 6.07) is 11.4. The van der Waals surface area contributed by atoms with E-state index in [9.17, 15) is 18.0 Å². The summed E-state index contributed by atoms with van der Waals surface area (Å²) in [5.41, 5.74) is 2.26. The second-order valence-electron chi connectivity index (χ2n) is 6.53. The van der Waals surface area contributed by atoms with Crippen molar-refractivity contribution in [3.8, 4) is 22.6 Å². The molecule has 150 valence electrons. The number of ether oxygens (including phenoxy) is 3. The Labute approximate surface area is 159 Å². The highest BCUT2D eigenvalue weighted by molar-refractivity contribution is 5.72. The van der Waals surface area contributed by atoms with Gasteiger partial charge in [0.2, 0.25) is 0 Å². The minimum absolute atomic E-state index is 0.0583. The summed E-state index contributed by atoms with van der Waals surface area (Å²) in [5, 5.41) is 8.62. The van der Waals surface area contributed by atoms with Crippen molar-refractivity contribution < 1.29 is 37.3 Å². The Bertz CT molecular complexity index is 827. The molecular formula is C20H19F3O5. The number of halogens is 3. The summed E-state index contributed by atoms with van der Waals surface area (Å²) < 4.78 is 51.9. The maximum absolute atomic E-state index is 12.5. The van der Waals surface area contributed by atoms with E-state index in [0.717, 1.165) is 18.4 Å². The summed E-state index contributed by atoms with van der Waals surface area (Å²) in [5.74, 6) is -0.592. The summed E-state index contributed by atoms with van der Waals surface area (Å²) in [7, 11) is 1.45. The fourth-order valence-corrected chi connectivity index (χ4v) is 3.21. The second kappa shape index (κ2) is 8.10. The smallest absolute Gasteiger partial charge is 0.496 e. The van der Waals surface area contributed by atoms with E-state index < -0.39 is 12.3 Å². The zero-order chi connectivity index (χ0) is 20.3. The monoisotopic (exact) mass is 396 g/mol. The number of carboxylic acid groups (broad SMARTS) is 1. The molecule has 1 aliphatic rings. The van der Waals surface area contributed by atoms with Gasteiger partial charge in [-0.2, -0.15) is 0 Å². The first kappa shape index (κ1) is 20.0. The molecule has 0 unspecified atom stereocenters. The van der Waals surface area contributed by atoms with Crippen molar-refractivity contribution in [1.82, 2.24) is 0 Å². The Morgan fingerprint density at radius 3 is 2.39 bits per heavy atom. The molecule has 0 atom stereocenters. The molecule has 5 nitrogen and oxygen atoms in total. The van der Waals surface area contributed by atoms with Crippen LogP contribution < -0.4 is 9.47 Å². The van der Waals surface area contributed by atoms with Crippen LogP contribution in [-0.4, -0.2) is 37.3 Å². The van der Waals surface area contributed by atoms with Gasteiger partial charge in [-0.3, -0.25) is 0 Å². The SMILES string of the molecule is COc1ccc(OC(F)(F)F)cc1-c1ccc(C2CC(OCC(=O)O)C2)cc1. The first-order valence-corrected chi connectivity index (χ1v) is 8.62. The van der Waals surface area contributed by atoms with Crippen LogP contribution in [0.2, 0.25) is 0 Å². The highest BCUT2D eigenvalue weighted by Gasteiger charge is 2.32. The standard InChI is InChI=1S/C20H19F3O5/c1-26-18-7-6-15(28-20(21,22)23)10-17(18)13-4-2-12(3-5-13)14-8-16(9-14)27-11-19(24)25/h2-7,10,14,16H,8-9,11H2,1H3,(H,24,25). The Morgan fingerprint density at radius 1 is 1.14 bits per heavy atom. The molecule has 0 aromatic heterocycles. The van der Waals surface area contributed by atoms with E-state index in [0.29, 0.717) is 16.9 Å². The highest BCUT2D eigenvalue weighted by Crippen LogP contribution is 2.40. The molecule has 0 saturated heterocycles. The molecule has 0 amide bonds. The minimum Gasteiger partial charge on any atom is -0.496 e. The van der Waals surface area contributed by atoms with Gasteiger partial charge in [-0.05, 0) is 48.1 Å². The van der Waals surface area contributed by atoms with Crippen LogP contribution in [0.1, 0.15) is 24.3 Å². The first-order chi connectivity index (χ1) is 13.2. The average Bonchev–Trinajstić information content (AvgIpc) is 2.59. The molecule has 8 heteroatoms. The van der Waals surface area contributed by atoms with Gasteiger partial charge in [-0.25, -0.2) is 4.79 Å². The summed E-state index contributed by atoms with van der Waals surface area (Å²) >= 11 is 0. The number of methoxy groups -OCH3 is 1. The zero-order valence-corrected chi connectivity index (χ0v) is 15.0. The summed E-state index contributed by atoms with van der Waals surface area (Å²) in [4.78, 5) is 10.5. The van der Waals surface area contributed by atoms with Gasteiger partial charge in [0.25, 0.3) is 0 Å². The fraction of sp³-hybridized carbons (Fsp3) is 0.350. The van der Waals surface area contributed by atoms with Crippen LogP contribution in [0.3, 0.4) is 0 Å². The third-order valence-electron chi connectivity index (χ3n) is 4.63. The minimum atomic E-state index is -4.76. The molecule has 0 spiro atoms. The quantitative estimate of drug-likeness (QED) is 0.741. The third kappa shape index (κ3) is 4.95. The summed E-state index contributed by atoms with van der Waals surface area (Å²) in [6.07, 6.45) is -3.34. The number of carbonyl (C=O) groups is 1. The van der Waals surface area contributed by atoms with Crippen LogP contribution in [0.25, 0.3) is 11.1 Å². The van der Waals surface area contributed by atoms with Gasteiger partial charge >= 0.3 is 12.3 Å². The molecule has 1 fully saturated rings. The van der Waals surface area contributed by atoms with E-state index in [1.165, 1.54) is 25.3 Å². The van der Waals surface area contributed by atoms with E-state index in [1.54, 1.807) is 0 Å². The van der Waals surface area contributed by atoms with E-state index in [-0.39, 0.29) is 24.4 Å². The number of hydrogen-bond acceptors (Lipinski definition) is 4. The van der Waals surface area contributed by atoms with Gasteiger partial charge < -0.3 is 19.3 Å². The molecule has 2 aromatic rings. The molecule has 0 aliphatic heterocycles. The van der Waals surface area contributed by atoms with Gasteiger partial charge in [0, 0.05) is 5.56 Å². The number of carboxylic acids is 1. The predicted molar refractivity (Wildman–Crippen MR) is 94.5 cm³/mol. The molecule has 3 rings (SSSR count). The number of alkyl halides is 3. The highest BCUT2D eigenvalue weighted by atomic mass is 19.4. The number of benzene rings is 2. The van der Waals surface area contributed by atoms with Crippen molar-refractivity contribution in [2.45, 2.75) is 31.2 Å². The van der Waals surface area contributed by atoms with E-state index in [1.807, 2.05) is 24.3 Å². The van der Waals surface area contributed by atoms with Gasteiger partial charge in [-0.1, -0.05) is 24.3 Å². The Kier molecular flexibility index (Phi) is 5.79. The number of hydrogen-bond donors (Lipinski definition) is 1. The van der Waals surface area contributed by atoms with Crippen LogP contribution >= 0.6 is 0 Å². The predicted octanol–water partition coefficient (Wildman–Crippen LogP) is 4.61. The van der Waals surface area contributed by atoms with E-state index in [2.05, 4.69) is 4.74 Å². The van der Waals surface area contributed by atoms with Crippen molar-refractivity contribution in [2.24, 2.45) is 0 Å². The first-order valence-electron chi connectivity index (χ1n) is 8.62. The van der Waals surface area contributed by atoms with Gasteiger partial charge in [0.15, 0.2) is 0 Å².